The van der Waals surface area contributed by atoms with Gasteiger partial charge in [-0.2, -0.15) is 0 Å². The van der Waals surface area contributed by atoms with E-state index in [4.69, 9.17) is 0 Å². The van der Waals surface area contributed by atoms with Crippen LogP contribution in [0.5, 0.6) is 0 Å². The van der Waals surface area contributed by atoms with Crippen molar-refractivity contribution in [3.05, 3.63) is 0 Å². The maximum Gasteiger partial charge on any atom is 0.307 e. The number of hydrogen-bond acceptors (Lipinski definition) is 3. The lowest BCUT2D eigenvalue weighted by Gasteiger charge is -2.12. The van der Waals surface area contributed by atoms with Crippen molar-refractivity contribution in [2.75, 3.05) is 27.2 Å². The Hall–Kier alpha value is -0.530. The molecule has 16 heavy (non-hydrogen) atoms. The van der Waals surface area contributed by atoms with Gasteiger partial charge in [0.15, 0.2) is 5.96 Å². The van der Waals surface area contributed by atoms with E-state index in [2.05, 4.69) is 34.2 Å². The van der Waals surface area contributed by atoms with Gasteiger partial charge < -0.3 is 15.4 Å². The van der Waals surface area contributed by atoms with Gasteiger partial charge in [0.05, 0.1) is 13.5 Å². The summed E-state index contributed by atoms with van der Waals surface area (Å²) < 4.78 is 4.52. The molecule has 0 unspecified atom stereocenters. The molecule has 5 nitrogen and oxygen atoms in total. The smallest absolute Gasteiger partial charge is 0.307 e. The highest BCUT2D eigenvalue weighted by Gasteiger charge is 2.01. The van der Waals surface area contributed by atoms with Crippen LogP contribution in [0.4, 0.5) is 0 Å². The fraction of sp³-hybridized carbons (Fsp3) is 0.800. The highest BCUT2D eigenvalue weighted by molar-refractivity contribution is 14.0. The van der Waals surface area contributed by atoms with Crippen LogP contribution in [0.25, 0.3) is 0 Å². The number of esters is 1. The van der Waals surface area contributed by atoms with E-state index in [0.29, 0.717) is 24.8 Å². The topological polar surface area (TPSA) is 62.7 Å². The SMILES string of the molecule is CN=C(NCCC(=O)OC)NCC(C)C.I. The van der Waals surface area contributed by atoms with Crippen molar-refractivity contribution in [3.8, 4) is 0 Å². The molecule has 0 spiro atoms. The monoisotopic (exact) mass is 343 g/mol. The quantitative estimate of drug-likeness (QED) is 0.338. The zero-order chi connectivity index (χ0) is 11.7. The van der Waals surface area contributed by atoms with Gasteiger partial charge in [-0.05, 0) is 5.92 Å². The number of rotatable bonds is 5. The van der Waals surface area contributed by atoms with Crippen molar-refractivity contribution >= 4 is 35.9 Å². The van der Waals surface area contributed by atoms with E-state index >= 15 is 0 Å². The van der Waals surface area contributed by atoms with Crippen LogP contribution in [0, 0.1) is 5.92 Å². The average molecular weight is 343 g/mol. The molecule has 6 heteroatoms. The predicted octanol–water partition coefficient (Wildman–Crippen LogP) is 0.988. The van der Waals surface area contributed by atoms with Crippen molar-refractivity contribution in [2.45, 2.75) is 20.3 Å². The standard InChI is InChI=1S/C10H21N3O2.HI/c1-8(2)7-13-10(11-3)12-6-5-9(14)15-4;/h8H,5-7H2,1-4H3,(H2,11,12,13);1H. The second-order valence-corrected chi connectivity index (χ2v) is 3.60. The molecule has 0 atom stereocenters. The summed E-state index contributed by atoms with van der Waals surface area (Å²) in [4.78, 5) is 14.9. The molecule has 0 bridgehead atoms. The Bertz CT molecular complexity index is 220. The van der Waals surface area contributed by atoms with Gasteiger partial charge in [0.25, 0.3) is 0 Å². The summed E-state index contributed by atoms with van der Waals surface area (Å²) in [5, 5.41) is 6.18. The minimum atomic E-state index is -0.221. The van der Waals surface area contributed by atoms with Gasteiger partial charge in [-0.3, -0.25) is 9.79 Å². The predicted molar refractivity (Wildman–Crippen MR) is 76.3 cm³/mol. The van der Waals surface area contributed by atoms with Crippen molar-refractivity contribution in [2.24, 2.45) is 10.9 Å². The Morgan fingerprint density at radius 2 is 2.00 bits per heavy atom. The van der Waals surface area contributed by atoms with Gasteiger partial charge in [0, 0.05) is 20.1 Å². The van der Waals surface area contributed by atoms with Crippen LogP contribution < -0.4 is 10.6 Å². The number of carbonyl (C=O) groups is 1. The normalized spacial score (nSPS) is 10.7. The third-order valence-electron chi connectivity index (χ3n) is 1.75. The summed E-state index contributed by atoms with van der Waals surface area (Å²) in [5.41, 5.74) is 0. The highest BCUT2D eigenvalue weighted by Crippen LogP contribution is 1.87. The van der Waals surface area contributed by atoms with Gasteiger partial charge in [0.1, 0.15) is 0 Å². The molecule has 0 saturated heterocycles. The van der Waals surface area contributed by atoms with Gasteiger partial charge in [0.2, 0.25) is 0 Å². The van der Waals surface area contributed by atoms with Crippen molar-refractivity contribution in [1.82, 2.24) is 10.6 Å². The summed E-state index contributed by atoms with van der Waals surface area (Å²) in [5.74, 6) is 1.05. The third-order valence-corrected chi connectivity index (χ3v) is 1.75. The molecule has 0 rings (SSSR count). The van der Waals surface area contributed by atoms with E-state index in [1.165, 1.54) is 7.11 Å². The lowest BCUT2D eigenvalue weighted by atomic mass is 10.2. The van der Waals surface area contributed by atoms with E-state index < -0.39 is 0 Å². The van der Waals surface area contributed by atoms with E-state index in [1.54, 1.807) is 7.05 Å². The van der Waals surface area contributed by atoms with Crippen LogP contribution in [0.15, 0.2) is 4.99 Å². The van der Waals surface area contributed by atoms with Crippen LogP contribution in [0.3, 0.4) is 0 Å². The molecule has 0 aromatic heterocycles. The van der Waals surface area contributed by atoms with Gasteiger partial charge >= 0.3 is 5.97 Å². The fourth-order valence-electron chi connectivity index (χ4n) is 0.906. The Morgan fingerprint density at radius 3 is 2.44 bits per heavy atom. The molecular formula is C10H22IN3O2. The number of methoxy groups -OCH3 is 1. The number of aliphatic imine (C=N–C) groups is 1. The second kappa shape index (κ2) is 11.0. The van der Waals surface area contributed by atoms with Crippen LogP contribution >= 0.6 is 24.0 Å². The van der Waals surface area contributed by atoms with Crippen molar-refractivity contribution in [1.29, 1.82) is 0 Å². The summed E-state index contributed by atoms with van der Waals surface area (Å²) in [6.07, 6.45) is 0.346. The molecule has 2 N–H and O–H groups in total. The molecule has 0 aliphatic heterocycles. The summed E-state index contributed by atoms with van der Waals surface area (Å²) in [7, 11) is 3.09. The van der Waals surface area contributed by atoms with E-state index in [1.807, 2.05) is 0 Å². The van der Waals surface area contributed by atoms with Gasteiger partial charge in [-0.25, -0.2) is 0 Å². The molecule has 0 aromatic carbocycles. The maximum absolute atomic E-state index is 10.8. The maximum atomic E-state index is 10.8. The first kappa shape index (κ1) is 17.9. The lowest BCUT2D eigenvalue weighted by molar-refractivity contribution is -0.140. The van der Waals surface area contributed by atoms with E-state index in [9.17, 15) is 4.79 Å². The van der Waals surface area contributed by atoms with Crippen LogP contribution in [-0.2, 0) is 9.53 Å². The fourth-order valence-corrected chi connectivity index (χ4v) is 0.906. The van der Waals surface area contributed by atoms with Crippen LogP contribution in [0.2, 0.25) is 0 Å². The first-order valence-corrected chi connectivity index (χ1v) is 5.11. The molecular weight excluding hydrogens is 321 g/mol. The molecule has 0 amide bonds. The minimum absolute atomic E-state index is 0. The first-order valence-electron chi connectivity index (χ1n) is 5.11. The van der Waals surface area contributed by atoms with E-state index in [-0.39, 0.29) is 29.9 Å². The second-order valence-electron chi connectivity index (χ2n) is 3.60. The zero-order valence-corrected chi connectivity index (χ0v) is 12.7. The van der Waals surface area contributed by atoms with Crippen molar-refractivity contribution in [3.63, 3.8) is 0 Å². The molecule has 0 heterocycles. The van der Waals surface area contributed by atoms with Crippen LogP contribution in [0.1, 0.15) is 20.3 Å². The lowest BCUT2D eigenvalue weighted by Crippen LogP contribution is -2.39. The summed E-state index contributed by atoms with van der Waals surface area (Å²) in [6.45, 7) is 5.63. The van der Waals surface area contributed by atoms with Gasteiger partial charge in [-0.1, -0.05) is 13.8 Å². The highest BCUT2D eigenvalue weighted by atomic mass is 127. The zero-order valence-electron chi connectivity index (χ0n) is 10.4. The van der Waals surface area contributed by atoms with Gasteiger partial charge in [-0.15, -0.1) is 24.0 Å². The van der Waals surface area contributed by atoms with Crippen LogP contribution in [-0.4, -0.2) is 39.2 Å². The molecule has 0 aliphatic carbocycles. The molecule has 0 fully saturated rings. The van der Waals surface area contributed by atoms with Crippen molar-refractivity contribution < 1.29 is 9.53 Å². The number of halogens is 1. The molecule has 0 radical (unpaired) electrons. The first-order chi connectivity index (χ1) is 7.10. The molecule has 0 aliphatic rings. The summed E-state index contributed by atoms with van der Waals surface area (Å²) in [6, 6.07) is 0. The number of ether oxygens (including phenoxy) is 1. The number of nitrogens with one attached hydrogen (secondary N) is 2. The number of hydrogen-bond donors (Lipinski definition) is 2. The Balaban J connectivity index is 0. The molecule has 0 saturated carbocycles. The molecule has 0 aromatic rings. The summed E-state index contributed by atoms with van der Waals surface area (Å²) >= 11 is 0. The van der Waals surface area contributed by atoms with E-state index in [0.717, 1.165) is 6.54 Å². The number of nitrogens with zero attached hydrogens (tertiary/aromatic N) is 1. The Labute approximate surface area is 114 Å². The Morgan fingerprint density at radius 1 is 1.38 bits per heavy atom. The molecule has 96 valence electrons. The third kappa shape index (κ3) is 10.0. The Kier molecular flexibility index (Phi) is 12.2. The largest absolute Gasteiger partial charge is 0.469 e. The average Bonchev–Trinajstić information content (AvgIpc) is 2.22. The number of guanidine groups is 1. The number of carbonyl (C=O) groups excluding carboxylic acids is 1. The minimum Gasteiger partial charge on any atom is -0.469 e.